The van der Waals surface area contributed by atoms with Crippen LogP contribution in [0.25, 0.3) is 11.0 Å². The minimum atomic E-state index is -0.635. The van der Waals surface area contributed by atoms with Crippen molar-refractivity contribution >= 4 is 16.9 Å². The fourth-order valence-corrected chi connectivity index (χ4v) is 5.95. The fourth-order valence-electron chi connectivity index (χ4n) is 5.95. The van der Waals surface area contributed by atoms with Crippen molar-refractivity contribution < 1.29 is 19.1 Å². The summed E-state index contributed by atoms with van der Waals surface area (Å²) in [5, 5.41) is 11.8. The maximum Gasteiger partial charge on any atom is 0.340 e. The number of rotatable bonds is 5. The molecule has 2 aromatic carbocycles. The number of piperidine rings is 1. The molecule has 2 aliphatic rings. The Morgan fingerprint density at radius 1 is 1.14 bits per heavy atom. The first kappa shape index (κ1) is 24.6. The van der Waals surface area contributed by atoms with E-state index in [1.807, 2.05) is 56.0 Å². The number of benzene rings is 2. The first-order valence-corrected chi connectivity index (χ1v) is 13.0. The predicted molar refractivity (Wildman–Crippen MR) is 139 cm³/mol. The van der Waals surface area contributed by atoms with Gasteiger partial charge in [0.15, 0.2) is 0 Å². The molecule has 1 amide bonds. The third-order valence-corrected chi connectivity index (χ3v) is 8.24. The lowest BCUT2D eigenvalue weighted by molar-refractivity contribution is -0.142. The molecule has 1 saturated carbocycles. The van der Waals surface area contributed by atoms with Crippen LogP contribution in [0.2, 0.25) is 0 Å². The van der Waals surface area contributed by atoms with Crippen LogP contribution >= 0.6 is 0 Å². The van der Waals surface area contributed by atoms with Gasteiger partial charge >= 0.3 is 5.63 Å². The first-order valence-electron chi connectivity index (χ1n) is 13.0. The van der Waals surface area contributed by atoms with Gasteiger partial charge in [-0.1, -0.05) is 42.7 Å². The summed E-state index contributed by atoms with van der Waals surface area (Å²) in [5.74, 6) is 0.717. The van der Waals surface area contributed by atoms with Crippen LogP contribution in [0.3, 0.4) is 0 Å². The third-order valence-electron chi connectivity index (χ3n) is 8.24. The highest BCUT2D eigenvalue weighted by molar-refractivity contribution is 5.87. The SMILES string of the molecule is Cc1cccc(COc2ccc3c(C)c(CC(=O)N4CC[C@]5(O)CCCC[C@@H]5C4)c(=O)oc3c2C)c1. The smallest absolute Gasteiger partial charge is 0.340 e. The standard InChI is InChI=1S/C30H35NO5/c1-19-7-6-8-22(15-19)18-35-26-11-10-24-20(2)25(29(33)36-28(24)21(26)3)16-27(32)31-14-13-30(34)12-5-4-9-23(30)17-31/h6-8,10-11,15,23,34H,4-5,9,12-14,16-18H2,1-3H3/t23-,30-/m1/s1. The van der Waals surface area contributed by atoms with Gasteiger partial charge in [-0.05, 0) is 63.3 Å². The zero-order chi connectivity index (χ0) is 25.4. The van der Waals surface area contributed by atoms with Gasteiger partial charge in [0.1, 0.15) is 17.9 Å². The minimum absolute atomic E-state index is 0.0138. The van der Waals surface area contributed by atoms with Crippen LogP contribution in [0.5, 0.6) is 5.75 Å². The summed E-state index contributed by atoms with van der Waals surface area (Å²) in [6.07, 6.45) is 4.54. The average Bonchev–Trinajstić information content (AvgIpc) is 2.86. The molecule has 1 aliphatic heterocycles. The largest absolute Gasteiger partial charge is 0.488 e. The number of likely N-dealkylation sites (tertiary alicyclic amines) is 1. The molecule has 0 radical (unpaired) electrons. The van der Waals surface area contributed by atoms with Crippen LogP contribution in [0.1, 0.15) is 59.9 Å². The van der Waals surface area contributed by atoms with Crippen LogP contribution in [-0.2, 0) is 17.8 Å². The molecule has 0 bridgehead atoms. The van der Waals surface area contributed by atoms with Gasteiger partial charge in [0.05, 0.1) is 17.6 Å². The number of aryl methyl sites for hydroxylation is 3. The van der Waals surface area contributed by atoms with Gasteiger partial charge in [-0.15, -0.1) is 0 Å². The molecular weight excluding hydrogens is 454 g/mol. The van der Waals surface area contributed by atoms with E-state index in [9.17, 15) is 14.7 Å². The van der Waals surface area contributed by atoms with Crippen molar-refractivity contribution in [2.75, 3.05) is 13.1 Å². The van der Waals surface area contributed by atoms with Crippen LogP contribution in [0.4, 0.5) is 0 Å². The molecule has 0 unspecified atom stereocenters. The molecule has 1 saturated heterocycles. The number of carbonyl (C=O) groups is 1. The van der Waals surface area contributed by atoms with E-state index >= 15 is 0 Å². The second-order valence-corrected chi connectivity index (χ2v) is 10.6. The van der Waals surface area contributed by atoms with Crippen molar-refractivity contribution in [3.05, 3.63) is 74.6 Å². The van der Waals surface area contributed by atoms with Gasteiger partial charge in [0.25, 0.3) is 0 Å². The molecule has 3 aromatic rings. The Labute approximate surface area is 211 Å². The van der Waals surface area contributed by atoms with Gasteiger partial charge < -0.3 is 19.2 Å². The Hall–Kier alpha value is -3.12. The lowest BCUT2D eigenvalue weighted by Crippen LogP contribution is -2.55. The topological polar surface area (TPSA) is 80.0 Å². The molecule has 190 valence electrons. The molecule has 1 aromatic heterocycles. The number of hydrogen-bond acceptors (Lipinski definition) is 5. The van der Waals surface area contributed by atoms with Gasteiger partial charge in [-0.3, -0.25) is 4.79 Å². The van der Waals surface area contributed by atoms with E-state index in [4.69, 9.17) is 9.15 Å². The number of hydrogen-bond donors (Lipinski definition) is 1. The third kappa shape index (κ3) is 4.66. The highest BCUT2D eigenvalue weighted by atomic mass is 16.5. The Bertz CT molecular complexity index is 1360. The monoisotopic (exact) mass is 489 g/mol. The molecule has 5 rings (SSSR count). The maximum absolute atomic E-state index is 13.2. The molecule has 2 atom stereocenters. The number of amides is 1. The van der Waals surface area contributed by atoms with Crippen LogP contribution in [-0.4, -0.2) is 34.6 Å². The Morgan fingerprint density at radius 3 is 2.78 bits per heavy atom. The predicted octanol–water partition coefficient (Wildman–Crippen LogP) is 4.99. The summed E-state index contributed by atoms with van der Waals surface area (Å²) in [5.41, 5.74) is 3.59. The molecule has 2 heterocycles. The summed E-state index contributed by atoms with van der Waals surface area (Å²) in [6, 6.07) is 12.0. The second kappa shape index (κ2) is 9.74. The van der Waals surface area contributed by atoms with E-state index in [1.54, 1.807) is 0 Å². The zero-order valence-electron chi connectivity index (χ0n) is 21.4. The highest BCUT2D eigenvalue weighted by Gasteiger charge is 2.43. The number of aliphatic hydroxyl groups is 1. The number of nitrogens with zero attached hydrogens (tertiary/aromatic N) is 1. The van der Waals surface area contributed by atoms with Gasteiger partial charge in [-0.2, -0.15) is 0 Å². The Kier molecular flexibility index (Phi) is 6.64. The molecule has 6 nitrogen and oxygen atoms in total. The van der Waals surface area contributed by atoms with E-state index in [0.717, 1.165) is 47.8 Å². The van der Waals surface area contributed by atoms with Crippen molar-refractivity contribution in [3.8, 4) is 5.75 Å². The van der Waals surface area contributed by atoms with E-state index < -0.39 is 11.2 Å². The maximum atomic E-state index is 13.2. The molecule has 1 N–H and O–H groups in total. The highest BCUT2D eigenvalue weighted by Crippen LogP contribution is 2.40. The summed E-state index contributed by atoms with van der Waals surface area (Å²) in [4.78, 5) is 28.0. The summed E-state index contributed by atoms with van der Waals surface area (Å²) in [7, 11) is 0. The van der Waals surface area contributed by atoms with E-state index in [1.165, 1.54) is 5.56 Å². The molecule has 0 spiro atoms. The van der Waals surface area contributed by atoms with Crippen molar-refractivity contribution in [2.24, 2.45) is 5.92 Å². The van der Waals surface area contributed by atoms with Crippen molar-refractivity contribution in [1.29, 1.82) is 0 Å². The van der Waals surface area contributed by atoms with E-state index in [0.29, 0.717) is 43.0 Å². The summed E-state index contributed by atoms with van der Waals surface area (Å²) < 4.78 is 11.8. The Balaban J connectivity index is 1.35. The van der Waals surface area contributed by atoms with Crippen LogP contribution in [0.15, 0.2) is 45.6 Å². The van der Waals surface area contributed by atoms with Crippen molar-refractivity contribution in [2.45, 2.75) is 71.5 Å². The fraction of sp³-hybridized carbons (Fsp3) is 0.467. The normalized spacial score (nSPS) is 21.9. The summed E-state index contributed by atoms with van der Waals surface area (Å²) >= 11 is 0. The van der Waals surface area contributed by atoms with Crippen molar-refractivity contribution in [1.82, 2.24) is 4.90 Å². The molecule has 1 aliphatic carbocycles. The van der Waals surface area contributed by atoms with Gasteiger partial charge in [0, 0.05) is 30.0 Å². The number of carbonyl (C=O) groups excluding carboxylic acids is 1. The summed E-state index contributed by atoms with van der Waals surface area (Å²) in [6.45, 7) is 7.34. The van der Waals surface area contributed by atoms with Crippen LogP contribution < -0.4 is 10.4 Å². The minimum Gasteiger partial charge on any atom is -0.488 e. The van der Waals surface area contributed by atoms with E-state index in [2.05, 4.69) is 6.07 Å². The molecule has 6 heteroatoms. The molecule has 36 heavy (non-hydrogen) atoms. The molecular formula is C30H35NO5. The van der Waals surface area contributed by atoms with Crippen molar-refractivity contribution in [3.63, 3.8) is 0 Å². The first-order chi connectivity index (χ1) is 17.2. The lowest BCUT2D eigenvalue weighted by Gasteiger charge is -2.47. The van der Waals surface area contributed by atoms with Gasteiger partial charge in [-0.25, -0.2) is 4.79 Å². The zero-order valence-corrected chi connectivity index (χ0v) is 21.4. The number of fused-ring (bicyclic) bond motifs is 2. The van der Waals surface area contributed by atoms with Gasteiger partial charge in [0.2, 0.25) is 5.91 Å². The molecule has 2 fully saturated rings. The average molecular weight is 490 g/mol. The van der Waals surface area contributed by atoms with Crippen LogP contribution in [0, 0.1) is 26.7 Å². The Morgan fingerprint density at radius 2 is 1.97 bits per heavy atom. The van der Waals surface area contributed by atoms with E-state index in [-0.39, 0.29) is 18.2 Å². The second-order valence-electron chi connectivity index (χ2n) is 10.6. The quantitative estimate of drug-likeness (QED) is 0.511. The number of ether oxygens (including phenoxy) is 1. The lowest BCUT2D eigenvalue weighted by atomic mass is 9.71.